The van der Waals surface area contributed by atoms with Crippen molar-refractivity contribution in [1.82, 2.24) is 30.4 Å². The number of oxazole rings is 1. The van der Waals surface area contributed by atoms with Crippen molar-refractivity contribution in [2.45, 2.75) is 51.5 Å². The molecule has 144 valence electrons. The lowest BCUT2D eigenvalue weighted by atomic mass is 9.94. The van der Waals surface area contributed by atoms with Crippen LogP contribution in [0.25, 0.3) is 0 Å². The second kappa shape index (κ2) is 8.83. The van der Waals surface area contributed by atoms with Gasteiger partial charge in [-0.05, 0) is 12.8 Å². The number of piperidine rings is 1. The molecule has 2 aromatic heterocycles. The van der Waals surface area contributed by atoms with Crippen molar-refractivity contribution in [3.05, 3.63) is 30.0 Å². The fraction of sp³-hybridized carbons (Fsp3) is 0.647. The Morgan fingerprint density at radius 1 is 1.35 bits per heavy atom. The molecule has 1 aliphatic rings. The van der Waals surface area contributed by atoms with Crippen LogP contribution in [0, 0.1) is 0 Å². The summed E-state index contributed by atoms with van der Waals surface area (Å²) in [6.45, 7) is 8.74. The van der Waals surface area contributed by atoms with Gasteiger partial charge in [-0.2, -0.15) is 5.10 Å². The minimum atomic E-state index is -0.0322. The van der Waals surface area contributed by atoms with Crippen LogP contribution in [-0.4, -0.2) is 51.2 Å². The highest BCUT2D eigenvalue weighted by molar-refractivity contribution is 14.0. The number of hydrogen-bond acceptors (Lipinski definition) is 5. The number of halogens is 1. The van der Waals surface area contributed by atoms with Gasteiger partial charge in [0.05, 0.1) is 12.7 Å². The normalized spacial score (nSPS) is 16.5. The Morgan fingerprint density at radius 2 is 2.08 bits per heavy atom. The van der Waals surface area contributed by atoms with E-state index in [9.17, 15) is 0 Å². The van der Waals surface area contributed by atoms with Crippen LogP contribution in [0.4, 0.5) is 0 Å². The molecule has 0 saturated carbocycles. The Morgan fingerprint density at radius 3 is 2.62 bits per heavy atom. The van der Waals surface area contributed by atoms with Gasteiger partial charge in [-0.3, -0.25) is 10.1 Å². The molecule has 0 spiro atoms. The highest BCUT2D eigenvalue weighted by atomic mass is 127. The molecule has 0 unspecified atom stereocenters. The summed E-state index contributed by atoms with van der Waals surface area (Å²) in [5.74, 6) is 3.89. The van der Waals surface area contributed by atoms with E-state index in [1.54, 1.807) is 13.4 Å². The molecule has 0 aliphatic carbocycles. The number of nitrogens with one attached hydrogen (secondary N) is 2. The molecule has 0 radical (unpaired) electrons. The molecule has 2 N–H and O–H groups in total. The molecular formula is C17H28IN7O. The third-order valence-electron chi connectivity index (χ3n) is 4.52. The number of likely N-dealkylation sites (tertiary alicyclic amines) is 1. The van der Waals surface area contributed by atoms with E-state index in [4.69, 9.17) is 4.42 Å². The molecule has 1 aliphatic heterocycles. The van der Waals surface area contributed by atoms with Crippen LogP contribution in [-0.2, 0) is 12.0 Å². The summed E-state index contributed by atoms with van der Waals surface area (Å²) in [6, 6.07) is 0. The number of aromatic nitrogens is 4. The van der Waals surface area contributed by atoms with Crippen LogP contribution in [0.1, 0.15) is 57.0 Å². The first-order valence-corrected chi connectivity index (χ1v) is 8.73. The molecule has 3 heterocycles. The van der Waals surface area contributed by atoms with Gasteiger partial charge in [-0.1, -0.05) is 20.8 Å². The Bertz CT molecular complexity index is 697. The summed E-state index contributed by atoms with van der Waals surface area (Å²) < 4.78 is 5.83. The molecular weight excluding hydrogens is 445 g/mol. The smallest absolute Gasteiger partial charge is 0.213 e. The Kier molecular flexibility index (Phi) is 7.01. The van der Waals surface area contributed by atoms with Crippen molar-refractivity contribution in [3.8, 4) is 0 Å². The number of aliphatic imine (C=N–C) groups is 1. The predicted octanol–water partition coefficient (Wildman–Crippen LogP) is 2.66. The molecule has 0 aromatic carbocycles. The van der Waals surface area contributed by atoms with Gasteiger partial charge < -0.3 is 14.6 Å². The highest BCUT2D eigenvalue weighted by Crippen LogP contribution is 2.25. The third kappa shape index (κ3) is 4.95. The lowest BCUT2D eigenvalue weighted by Crippen LogP contribution is -2.45. The summed E-state index contributed by atoms with van der Waals surface area (Å²) in [4.78, 5) is 15.3. The van der Waals surface area contributed by atoms with Crippen molar-refractivity contribution < 1.29 is 4.42 Å². The lowest BCUT2D eigenvalue weighted by molar-refractivity contribution is 0.297. The summed E-state index contributed by atoms with van der Waals surface area (Å²) in [7, 11) is 1.81. The van der Waals surface area contributed by atoms with E-state index in [1.807, 2.05) is 6.20 Å². The fourth-order valence-corrected chi connectivity index (χ4v) is 3.00. The zero-order valence-electron chi connectivity index (χ0n) is 15.8. The number of nitrogens with zero attached hydrogens (tertiary/aromatic N) is 5. The number of H-pyrrole nitrogens is 1. The van der Waals surface area contributed by atoms with Gasteiger partial charge in [0.25, 0.3) is 0 Å². The molecule has 9 heteroatoms. The monoisotopic (exact) mass is 473 g/mol. The zero-order valence-corrected chi connectivity index (χ0v) is 18.2. The molecule has 0 amide bonds. The molecule has 26 heavy (non-hydrogen) atoms. The lowest BCUT2D eigenvalue weighted by Gasteiger charge is -2.33. The second-order valence-corrected chi connectivity index (χ2v) is 7.40. The first kappa shape index (κ1) is 20.7. The Labute approximate surface area is 171 Å². The van der Waals surface area contributed by atoms with Gasteiger partial charge in [-0.25, -0.2) is 9.97 Å². The van der Waals surface area contributed by atoms with Crippen molar-refractivity contribution in [1.29, 1.82) is 0 Å². The number of guanidine groups is 1. The van der Waals surface area contributed by atoms with E-state index in [0.717, 1.165) is 43.5 Å². The summed E-state index contributed by atoms with van der Waals surface area (Å²) in [5, 5.41) is 10.3. The standard InChI is InChI=1S/C17H27N7O.HI/c1-17(2,3)13-9-19-14(25-13)10-20-16(18-4)24-7-5-12(6-8-24)15-21-11-22-23-15;/h9,11-12H,5-8,10H2,1-4H3,(H,18,20)(H,21,22,23);1H. The second-order valence-electron chi connectivity index (χ2n) is 7.40. The van der Waals surface area contributed by atoms with Gasteiger partial charge in [0, 0.05) is 31.5 Å². The average molecular weight is 473 g/mol. The minimum Gasteiger partial charge on any atom is -0.443 e. The SMILES string of the molecule is CN=C(NCc1ncc(C(C)(C)C)o1)N1CCC(c2ncn[nH]2)CC1.I. The van der Waals surface area contributed by atoms with Crippen LogP contribution < -0.4 is 5.32 Å². The summed E-state index contributed by atoms with van der Waals surface area (Å²) in [6.07, 6.45) is 5.44. The first-order valence-electron chi connectivity index (χ1n) is 8.73. The average Bonchev–Trinajstić information content (AvgIpc) is 3.27. The topological polar surface area (TPSA) is 95.2 Å². The Balaban J connectivity index is 0.00000243. The maximum atomic E-state index is 5.83. The van der Waals surface area contributed by atoms with Gasteiger partial charge in [0.1, 0.15) is 17.9 Å². The van der Waals surface area contributed by atoms with E-state index < -0.39 is 0 Å². The molecule has 3 rings (SSSR count). The first-order chi connectivity index (χ1) is 12.0. The van der Waals surface area contributed by atoms with Gasteiger partial charge >= 0.3 is 0 Å². The van der Waals surface area contributed by atoms with Crippen molar-refractivity contribution >= 4 is 29.9 Å². The highest BCUT2D eigenvalue weighted by Gasteiger charge is 2.24. The minimum absolute atomic E-state index is 0. The number of aromatic amines is 1. The molecule has 1 fully saturated rings. The van der Waals surface area contributed by atoms with Crippen LogP contribution in [0.3, 0.4) is 0 Å². The summed E-state index contributed by atoms with van der Waals surface area (Å²) >= 11 is 0. The maximum absolute atomic E-state index is 5.83. The van der Waals surface area contributed by atoms with E-state index in [2.05, 4.69) is 56.1 Å². The molecule has 0 bridgehead atoms. The van der Waals surface area contributed by atoms with Crippen LogP contribution >= 0.6 is 24.0 Å². The molecule has 0 atom stereocenters. The number of rotatable bonds is 3. The third-order valence-corrected chi connectivity index (χ3v) is 4.52. The van der Waals surface area contributed by atoms with Gasteiger partial charge in [-0.15, -0.1) is 24.0 Å². The van der Waals surface area contributed by atoms with Gasteiger partial charge in [0.2, 0.25) is 5.89 Å². The van der Waals surface area contributed by atoms with Crippen LogP contribution in [0.5, 0.6) is 0 Å². The molecule has 1 saturated heterocycles. The van der Waals surface area contributed by atoms with Crippen LogP contribution in [0.2, 0.25) is 0 Å². The maximum Gasteiger partial charge on any atom is 0.213 e. The van der Waals surface area contributed by atoms with E-state index >= 15 is 0 Å². The number of hydrogen-bond donors (Lipinski definition) is 2. The van der Waals surface area contributed by atoms with Crippen molar-refractivity contribution in [2.24, 2.45) is 4.99 Å². The fourth-order valence-electron chi connectivity index (χ4n) is 3.00. The van der Waals surface area contributed by atoms with E-state index in [1.165, 1.54) is 0 Å². The van der Waals surface area contributed by atoms with E-state index in [-0.39, 0.29) is 29.4 Å². The quantitative estimate of drug-likeness (QED) is 0.405. The largest absolute Gasteiger partial charge is 0.443 e. The van der Waals surface area contributed by atoms with Crippen molar-refractivity contribution in [2.75, 3.05) is 20.1 Å². The Hall–Kier alpha value is -1.65. The predicted molar refractivity (Wildman–Crippen MR) is 111 cm³/mol. The molecule has 8 nitrogen and oxygen atoms in total. The van der Waals surface area contributed by atoms with E-state index in [0.29, 0.717) is 18.4 Å². The molecule has 2 aromatic rings. The van der Waals surface area contributed by atoms with Crippen molar-refractivity contribution in [3.63, 3.8) is 0 Å². The summed E-state index contributed by atoms with van der Waals surface area (Å²) in [5.41, 5.74) is -0.0322. The zero-order chi connectivity index (χ0) is 17.9. The van der Waals surface area contributed by atoms with Gasteiger partial charge in [0.15, 0.2) is 5.96 Å². The van der Waals surface area contributed by atoms with Crippen LogP contribution in [0.15, 0.2) is 21.9 Å².